The average Bonchev–Trinajstić information content (AvgIpc) is 2.45. The maximum atomic E-state index is 11.4. The molecule has 1 aliphatic carbocycles. The Balaban J connectivity index is 2.11. The van der Waals surface area contributed by atoms with Crippen molar-refractivity contribution in [3.05, 3.63) is 39.9 Å². The van der Waals surface area contributed by atoms with Crippen LogP contribution in [-0.2, 0) is 4.79 Å². The fourth-order valence-corrected chi connectivity index (χ4v) is 2.60. The first kappa shape index (κ1) is 14.5. The van der Waals surface area contributed by atoms with E-state index in [-0.39, 0.29) is 11.7 Å². The zero-order valence-electron chi connectivity index (χ0n) is 11.1. The SMILES string of the molecule is O=C(O)C(NC1CCCCC1)c1ccc([N+](=O)[O-])cc1. The van der Waals surface area contributed by atoms with Gasteiger partial charge in [-0.1, -0.05) is 31.4 Å². The van der Waals surface area contributed by atoms with Gasteiger partial charge in [0.25, 0.3) is 5.69 Å². The minimum absolute atomic E-state index is 0.0319. The van der Waals surface area contributed by atoms with Crippen LogP contribution in [0.25, 0.3) is 0 Å². The van der Waals surface area contributed by atoms with Crippen molar-refractivity contribution in [2.45, 2.75) is 44.2 Å². The van der Waals surface area contributed by atoms with Crippen LogP contribution in [0.4, 0.5) is 5.69 Å². The third-order valence-electron chi connectivity index (χ3n) is 3.69. The molecule has 0 bridgehead atoms. The molecule has 0 spiro atoms. The first-order valence-corrected chi connectivity index (χ1v) is 6.81. The Kier molecular flexibility index (Phi) is 4.68. The molecular formula is C14H18N2O4. The summed E-state index contributed by atoms with van der Waals surface area (Å²) in [5.41, 5.74) is 0.518. The van der Waals surface area contributed by atoms with Crippen LogP contribution in [0.5, 0.6) is 0 Å². The number of non-ortho nitro benzene ring substituents is 1. The standard InChI is InChI=1S/C14H18N2O4/c17-14(18)13(15-11-4-2-1-3-5-11)10-6-8-12(9-7-10)16(19)20/h6-9,11,13,15H,1-5H2,(H,17,18). The highest BCUT2D eigenvalue weighted by Gasteiger charge is 2.24. The van der Waals surface area contributed by atoms with E-state index in [4.69, 9.17) is 0 Å². The molecule has 108 valence electrons. The van der Waals surface area contributed by atoms with Gasteiger partial charge in [-0.2, -0.15) is 0 Å². The second-order valence-electron chi connectivity index (χ2n) is 5.12. The molecule has 1 aliphatic rings. The van der Waals surface area contributed by atoms with Gasteiger partial charge < -0.3 is 5.11 Å². The number of hydrogen-bond donors (Lipinski definition) is 2. The maximum absolute atomic E-state index is 11.4. The molecule has 1 aromatic carbocycles. The lowest BCUT2D eigenvalue weighted by Crippen LogP contribution is -2.38. The van der Waals surface area contributed by atoms with Gasteiger partial charge in [-0.3, -0.25) is 20.2 Å². The summed E-state index contributed by atoms with van der Waals surface area (Å²) >= 11 is 0. The van der Waals surface area contributed by atoms with Gasteiger partial charge in [0.05, 0.1) is 4.92 Å². The normalized spacial score (nSPS) is 17.6. The molecule has 0 heterocycles. The summed E-state index contributed by atoms with van der Waals surface area (Å²) in [6.07, 6.45) is 5.40. The predicted octanol–water partition coefficient (Wildman–Crippen LogP) is 2.64. The number of carboxylic acids is 1. The molecule has 1 unspecified atom stereocenters. The number of carbonyl (C=O) groups is 1. The zero-order valence-corrected chi connectivity index (χ0v) is 11.1. The number of nitro benzene ring substituents is 1. The van der Waals surface area contributed by atoms with Gasteiger partial charge in [0.15, 0.2) is 0 Å². The van der Waals surface area contributed by atoms with Crippen LogP contribution >= 0.6 is 0 Å². The second-order valence-corrected chi connectivity index (χ2v) is 5.12. The number of aliphatic carboxylic acids is 1. The number of nitro groups is 1. The van der Waals surface area contributed by atoms with Crippen molar-refractivity contribution in [3.63, 3.8) is 0 Å². The highest BCUT2D eigenvalue weighted by atomic mass is 16.6. The number of nitrogens with zero attached hydrogens (tertiary/aromatic N) is 1. The summed E-state index contributed by atoms with van der Waals surface area (Å²) < 4.78 is 0. The van der Waals surface area contributed by atoms with Crippen LogP contribution in [0.2, 0.25) is 0 Å². The largest absolute Gasteiger partial charge is 0.480 e. The summed E-state index contributed by atoms with van der Waals surface area (Å²) in [4.78, 5) is 21.5. The molecule has 1 saturated carbocycles. The Hall–Kier alpha value is -1.95. The summed E-state index contributed by atoms with van der Waals surface area (Å²) in [6, 6.07) is 5.10. The van der Waals surface area contributed by atoms with Crippen LogP contribution in [0.1, 0.15) is 43.7 Å². The Morgan fingerprint density at radius 2 is 1.85 bits per heavy atom. The van der Waals surface area contributed by atoms with E-state index in [1.165, 1.54) is 30.7 Å². The molecule has 1 fully saturated rings. The molecule has 0 saturated heterocycles. The molecule has 0 aromatic heterocycles. The number of carboxylic acid groups (broad SMARTS) is 1. The van der Waals surface area contributed by atoms with E-state index in [9.17, 15) is 20.0 Å². The molecule has 20 heavy (non-hydrogen) atoms. The Morgan fingerprint density at radius 3 is 2.35 bits per heavy atom. The molecule has 6 nitrogen and oxygen atoms in total. The lowest BCUT2D eigenvalue weighted by atomic mass is 9.94. The highest BCUT2D eigenvalue weighted by Crippen LogP contribution is 2.23. The average molecular weight is 278 g/mol. The molecule has 6 heteroatoms. The van der Waals surface area contributed by atoms with E-state index in [1.807, 2.05) is 0 Å². The zero-order chi connectivity index (χ0) is 14.5. The smallest absolute Gasteiger partial charge is 0.325 e. The molecule has 0 amide bonds. The van der Waals surface area contributed by atoms with Gasteiger partial charge in [-0.25, -0.2) is 0 Å². The number of nitrogens with one attached hydrogen (secondary N) is 1. The second kappa shape index (κ2) is 6.47. The lowest BCUT2D eigenvalue weighted by molar-refractivity contribution is -0.384. The van der Waals surface area contributed by atoms with Crippen molar-refractivity contribution in [3.8, 4) is 0 Å². The van der Waals surface area contributed by atoms with Gasteiger partial charge >= 0.3 is 5.97 Å². The van der Waals surface area contributed by atoms with Crippen LogP contribution in [0.3, 0.4) is 0 Å². The van der Waals surface area contributed by atoms with Crippen molar-refractivity contribution >= 4 is 11.7 Å². The molecule has 2 N–H and O–H groups in total. The fourth-order valence-electron chi connectivity index (χ4n) is 2.60. The third kappa shape index (κ3) is 3.54. The van der Waals surface area contributed by atoms with Crippen LogP contribution in [0.15, 0.2) is 24.3 Å². The van der Waals surface area contributed by atoms with E-state index in [1.54, 1.807) is 0 Å². The maximum Gasteiger partial charge on any atom is 0.325 e. The van der Waals surface area contributed by atoms with Crippen LogP contribution < -0.4 is 5.32 Å². The Morgan fingerprint density at radius 1 is 1.25 bits per heavy atom. The van der Waals surface area contributed by atoms with E-state index >= 15 is 0 Å². The van der Waals surface area contributed by atoms with Gasteiger partial charge in [0.2, 0.25) is 0 Å². The number of benzene rings is 1. The van der Waals surface area contributed by atoms with E-state index in [0.29, 0.717) is 5.56 Å². The number of hydrogen-bond acceptors (Lipinski definition) is 4. The molecule has 0 radical (unpaired) electrons. The summed E-state index contributed by atoms with van der Waals surface area (Å²) in [5.74, 6) is -0.954. The van der Waals surface area contributed by atoms with E-state index in [0.717, 1.165) is 25.7 Å². The minimum Gasteiger partial charge on any atom is -0.480 e. The fraction of sp³-hybridized carbons (Fsp3) is 0.500. The van der Waals surface area contributed by atoms with Crippen molar-refractivity contribution < 1.29 is 14.8 Å². The quantitative estimate of drug-likeness (QED) is 0.638. The Bertz CT molecular complexity index is 480. The monoisotopic (exact) mass is 278 g/mol. The van der Waals surface area contributed by atoms with Crippen molar-refractivity contribution in [1.82, 2.24) is 5.32 Å². The van der Waals surface area contributed by atoms with Gasteiger partial charge in [-0.05, 0) is 18.4 Å². The first-order chi connectivity index (χ1) is 9.58. The van der Waals surface area contributed by atoms with Gasteiger partial charge in [0.1, 0.15) is 6.04 Å². The van der Waals surface area contributed by atoms with Crippen molar-refractivity contribution in [2.24, 2.45) is 0 Å². The summed E-state index contributed by atoms with van der Waals surface area (Å²) in [7, 11) is 0. The van der Waals surface area contributed by atoms with Crippen molar-refractivity contribution in [2.75, 3.05) is 0 Å². The molecule has 0 aliphatic heterocycles. The topological polar surface area (TPSA) is 92.5 Å². The summed E-state index contributed by atoms with van der Waals surface area (Å²) in [6.45, 7) is 0. The van der Waals surface area contributed by atoms with Crippen molar-refractivity contribution in [1.29, 1.82) is 0 Å². The van der Waals surface area contributed by atoms with E-state index in [2.05, 4.69) is 5.32 Å². The van der Waals surface area contributed by atoms with Crippen LogP contribution in [0, 0.1) is 10.1 Å². The lowest BCUT2D eigenvalue weighted by Gasteiger charge is -2.26. The van der Waals surface area contributed by atoms with Gasteiger partial charge in [-0.15, -0.1) is 0 Å². The van der Waals surface area contributed by atoms with Gasteiger partial charge in [0, 0.05) is 18.2 Å². The Labute approximate surface area is 117 Å². The molecule has 1 aromatic rings. The summed E-state index contributed by atoms with van der Waals surface area (Å²) in [5, 5.41) is 23.1. The number of rotatable bonds is 5. The van der Waals surface area contributed by atoms with Crippen LogP contribution in [-0.4, -0.2) is 22.0 Å². The third-order valence-corrected chi connectivity index (χ3v) is 3.69. The molecule has 2 rings (SSSR count). The molecular weight excluding hydrogens is 260 g/mol. The predicted molar refractivity (Wildman–Crippen MR) is 73.5 cm³/mol. The molecule has 1 atom stereocenters. The first-order valence-electron chi connectivity index (χ1n) is 6.81. The minimum atomic E-state index is -0.954. The highest BCUT2D eigenvalue weighted by molar-refractivity contribution is 5.75. The van der Waals surface area contributed by atoms with E-state index < -0.39 is 16.9 Å².